The van der Waals surface area contributed by atoms with Crippen LogP contribution in [0, 0.1) is 5.92 Å². The molecule has 0 fully saturated rings. The third-order valence-electron chi connectivity index (χ3n) is 4.01. The standard InChI is InChI=1S/C19H18O7/c1-9(2)19(24)26-18-16(23)15-13(22)7-12(21)8-14(15)25-17(18)10-4-3-5-11(20)6-10/h3-9,17-18,20-22H,1-2H3/t17-,18+/m1/s1. The number of rotatable bonds is 3. The predicted octanol–water partition coefficient (Wildman–Crippen LogP) is 2.69. The fraction of sp³-hybridized carbons (Fsp3) is 0.263. The number of hydrogen-bond donors (Lipinski definition) is 3. The summed E-state index contributed by atoms with van der Waals surface area (Å²) in [5.74, 6) is -2.53. The van der Waals surface area contributed by atoms with Gasteiger partial charge in [0.25, 0.3) is 0 Å². The summed E-state index contributed by atoms with van der Waals surface area (Å²) in [6.07, 6.45) is -2.37. The zero-order chi connectivity index (χ0) is 19.0. The van der Waals surface area contributed by atoms with Crippen LogP contribution in [0.1, 0.15) is 35.9 Å². The summed E-state index contributed by atoms with van der Waals surface area (Å²) in [7, 11) is 0. The number of ketones is 1. The van der Waals surface area contributed by atoms with Crippen molar-refractivity contribution in [1.82, 2.24) is 0 Å². The first-order chi connectivity index (χ1) is 12.3. The Kier molecular flexibility index (Phi) is 4.46. The average molecular weight is 358 g/mol. The van der Waals surface area contributed by atoms with Crippen molar-refractivity contribution < 1.29 is 34.4 Å². The Morgan fingerprint density at radius 3 is 2.50 bits per heavy atom. The molecule has 7 heteroatoms. The van der Waals surface area contributed by atoms with E-state index in [4.69, 9.17) is 9.47 Å². The molecule has 3 rings (SSSR count). The van der Waals surface area contributed by atoms with Crippen molar-refractivity contribution in [3.63, 3.8) is 0 Å². The van der Waals surface area contributed by atoms with Crippen LogP contribution >= 0.6 is 0 Å². The molecule has 0 spiro atoms. The number of fused-ring (bicyclic) bond motifs is 1. The van der Waals surface area contributed by atoms with Crippen molar-refractivity contribution in [2.45, 2.75) is 26.1 Å². The molecule has 1 heterocycles. The second-order valence-electron chi connectivity index (χ2n) is 6.35. The molecule has 3 N–H and O–H groups in total. The van der Waals surface area contributed by atoms with Gasteiger partial charge in [-0.2, -0.15) is 0 Å². The van der Waals surface area contributed by atoms with E-state index in [-0.39, 0.29) is 22.8 Å². The molecule has 0 aliphatic carbocycles. The predicted molar refractivity (Wildman–Crippen MR) is 90.3 cm³/mol. The van der Waals surface area contributed by atoms with Gasteiger partial charge in [-0.15, -0.1) is 0 Å². The Morgan fingerprint density at radius 2 is 1.85 bits per heavy atom. The topological polar surface area (TPSA) is 113 Å². The minimum atomic E-state index is -1.34. The highest BCUT2D eigenvalue weighted by Gasteiger charge is 2.43. The first-order valence-electron chi connectivity index (χ1n) is 8.04. The number of carbonyl (C=O) groups is 2. The van der Waals surface area contributed by atoms with E-state index in [0.717, 1.165) is 6.07 Å². The zero-order valence-corrected chi connectivity index (χ0v) is 14.2. The van der Waals surface area contributed by atoms with E-state index in [1.165, 1.54) is 18.2 Å². The van der Waals surface area contributed by atoms with Crippen LogP contribution in [0.3, 0.4) is 0 Å². The van der Waals surface area contributed by atoms with Crippen molar-refractivity contribution in [2.24, 2.45) is 5.92 Å². The molecule has 0 bridgehead atoms. The number of Topliss-reactive ketones (excluding diaryl/α,β-unsaturated/α-hetero) is 1. The lowest BCUT2D eigenvalue weighted by atomic mass is 9.92. The number of benzene rings is 2. The molecule has 1 aliphatic rings. The minimum Gasteiger partial charge on any atom is -0.508 e. The van der Waals surface area contributed by atoms with Crippen molar-refractivity contribution in [2.75, 3.05) is 0 Å². The fourth-order valence-electron chi connectivity index (χ4n) is 2.73. The maximum Gasteiger partial charge on any atom is 0.309 e. The van der Waals surface area contributed by atoms with Gasteiger partial charge in [0.1, 0.15) is 28.6 Å². The van der Waals surface area contributed by atoms with Gasteiger partial charge >= 0.3 is 5.97 Å². The van der Waals surface area contributed by atoms with Gasteiger partial charge < -0.3 is 24.8 Å². The van der Waals surface area contributed by atoms with E-state index < -0.39 is 35.6 Å². The Balaban J connectivity index is 2.10. The summed E-state index contributed by atoms with van der Waals surface area (Å²) in [5, 5.41) is 29.4. The SMILES string of the molecule is CC(C)C(=O)O[C@H]1C(=O)c2c(O)cc(O)cc2O[C@@H]1c1cccc(O)c1. The van der Waals surface area contributed by atoms with Crippen LogP contribution in [0.4, 0.5) is 0 Å². The van der Waals surface area contributed by atoms with Crippen LogP contribution < -0.4 is 4.74 Å². The summed E-state index contributed by atoms with van der Waals surface area (Å²) < 4.78 is 11.1. The van der Waals surface area contributed by atoms with Crippen LogP contribution in [0.25, 0.3) is 0 Å². The van der Waals surface area contributed by atoms with E-state index in [1.807, 2.05) is 0 Å². The number of ether oxygens (including phenoxy) is 2. The van der Waals surface area contributed by atoms with E-state index in [9.17, 15) is 24.9 Å². The molecule has 26 heavy (non-hydrogen) atoms. The monoisotopic (exact) mass is 358 g/mol. The molecule has 0 saturated carbocycles. The quantitative estimate of drug-likeness (QED) is 0.723. The van der Waals surface area contributed by atoms with E-state index >= 15 is 0 Å². The highest BCUT2D eigenvalue weighted by atomic mass is 16.6. The molecule has 136 valence electrons. The summed E-state index contributed by atoms with van der Waals surface area (Å²) in [4.78, 5) is 25.0. The first kappa shape index (κ1) is 17.6. The van der Waals surface area contributed by atoms with Gasteiger partial charge in [0.15, 0.2) is 6.10 Å². The highest BCUT2D eigenvalue weighted by Crippen LogP contribution is 2.43. The van der Waals surface area contributed by atoms with Gasteiger partial charge in [0, 0.05) is 17.7 Å². The Bertz CT molecular complexity index is 872. The van der Waals surface area contributed by atoms with Crippen LogP contribution in [-0.2, 0) is 9.53 Å². The normalized spacial score (nSPS) is 19.0. The largest absolute Gasteiger partial charge is 0.508 e. The third-order valence-corrected chi connectivity index (χ3v) is 4.01. The highest BCUT2D eigenvalue weighted by molar-refractivity contribution is 6.06. The second kappa shape index (κ2) is 6.59. The lowest BCUT2D eigenvalue weighted by Crippen LogP contribution is -2.40. The summed E-state index contributed by atoms with van der Waals surface area (Å²) in [6.45, 7) is 3.26. The van der Waals surface area contributed by atoms with Crippen LogP contribution in [0.2, 0.25) is 0 Å². The number of hydrogen-bond acceptors (Lipinski definition) is 7. The van der Waals surface area contributed by atoms with Crippen molar-refractivity contribution in [3.05, 3.63) is 47.5 Å². The van der Waals surface area contributed by atoms with E-state index in [2.05, 4.69) is 0 Å². The molecule has 0 aromatic heterocycles. The maximum atomic E-state index is 12.9. The molecule has 0 saturated heterocycles. The molecule has 0 unspecified atom stereocenters. The number of phenols is 3. The Morgan fingerprint density at radius 1 is 1.12 bits per heavy atom. The van der Waals surface area contributed by atoms with Gasteiger partial charge in [-0.3, -0.25) is 9.59 Å². The lowest BCUT2D eigenvalue weighted by Gasteiger charge is -2.33. The van der Waals surface area contributed by atoms with E-state index in [0.29, 0.717) is 5.56 Å². The summed E-state index contributed by atoms with van der Waals surface area (Å²) in [6, 6.07) is 8.23. The smallest absolute Gasteiger partial charge is 0.309 e. The average Bonchev–Trinajstić information content (AvgIpc) is 2.56. The molecule has 0 radical (unpaired) electrons. The first-order valence-corrected chi connectivity index (χ1v) is 8.04. The molecule has 7 nitrogen and oxygen atoms in total. The van der Waals surface area contributed by atoms with E-state index in [1.54, 1.807) is 26.0 Å². The summed E-state index contributed by atoms with van der Waals surface area (Å²) in [5.41, 5.74) is 0.245. The molecule has 0 amide bonds. The number of aromatic hydroxyl groups is 3. The third kappa shape index (κ3) is 3.15. The molecule has 2 aromatic rings. The second-order valence-corrected chi connectivity index (χ2v) is 6.35. The molecule has 2 atom stereocenters. The van der Waals surface area contributed by atoms with Crippen LogP contribution in [-0.4, -0.2) is 33.2 Å². The summed E-state index contributed by atoms with van der Waals surface area (Å²) >= 11 is 0. The van der Waals surface area contributed by atoms with Gasteiger partial charge in [-0.1, -0.05) is 26.0 Å². The zero-order valence-electron chi connectivity index (χ0n) is 14.2. The Hall–Kier alpha value is -3.22. The van der Waals surface area contributed by atoms with Crippen molar-refractivity contribution in [1.29, 1.82) is 0 Å². The molecule has 1 aliphatic heterocycles. The lowest BCUT2D eigenvalue weighted by molar-refractivity contribution is -0.155. The minimum absolute atomic E-state index is 0.0299. The number of esters is 1. The number of phenolic OH excluding ortho intramolecular Hbond substituents is 3. The maximum absolute atomic E-state index is 12.9. The fourth-order valence-corrected chi connectivity index (χ4v) is 2.73. The van der Waals surface area contributed by atoms with Gasteiger partial charge in [-0.05, 0) is 12.1 Å². The van der Waals surface area contributed by atoms with Crippen molar-refractivity contribution in [3.8, 4) is 23.0 Å². The Labute approximate surface area is 149 Å². The van der Waals surface area contributed by atoms with Gasteiger partial charge in [-0.25, -0.2) is 0 Å². The van der Waals surface area contributed by atoms with Crippen LogP contribution in [0.15, 0.2) is 36.4 Å². The van der Waals surface area contributed by atoms with Gasteiger partial charge in [0.2, 0.25) is 11.9 Å². The molecular weight excluding hydrogens is 340 g/mol. The number of carbonyl (C=O) groups excluding carboxylic acids is 2. The van der Waals surface area contributed by atoms with Crippen molar-refractivity contribution >= 4 is 11.8 Å². The van der Waals surface area contributed by atoms with Crippen LogP contribution in [0.5, 0.6) is 23.0 Å². The van der Waals surface area contributed by atoms with Gasteiger partial charge in [0.05, 0.1) is 5.92 Å². The molecule has 2 aromatic carbocycles. The molecular formula is C19H18O7.